The van der Waals surface area contributed by atoms with Gasteiger partial charge in [0, 0.05) is 12.3 Å². The van der Waals surface area contributed by atoms with Gasteiger partial charge in [0.25, 0.3) is 0 Å². The zero-order valence-corrected chi connectivity index (χ0v) is 10.5. The summed E-state index contributed by atoms with van der Waals surface area (Å²) in [5, 5.41) is 28.9. The molecule has 1 aromatic carbocycles. The van der Waals surface area contributed by atoms with Gasteiger partial charge in [-0.15, -0.1) is 0 Å². The lowest BCUT2D eigenvalue weighted by atomic mass is 10.2. The maximum atomic E-state index is 10.9. The van der Waals surface area contributed by atoms with Gasteiger partial charge in [0.15, 0.2) is 0 Å². The van der Waals surface area contributed by atoms with Crippen LogP contribution in [0.2, 0.25) is 5.02 Å². The van der Waals surface area contributed by atoms with Crippen molar-refractivity contribution in [1.29, 1.82) is 10.5 Å². The Bertz CT molecular complexity index is 610. The number of halogens is 1. The third-order valence-electron chi connectivity index (χ3n) is 2.13. The standard InChI is InChI=1S/C12H8ClN3O3/c1-19-11-3-10(16-6-7(4-14)5-15)9(13)2-8(11)12(17)18/h2-3,6,16H,1H3,(H,17,18). The Kier molecular flexibility index (Phi) is 4.76. The van der Waals surface area contributed by atoms with E-state index in [0.717, 1.165) is 0 Å². The summed E-state index contributed by atoms with van der Waals surface area (Å²) < 4.78 is 4.93. The van der Waals surface area contributed by atoms with E-state index < -0.39 is 5.97 Å². The van der Waals surface area contributed by atoms with Crippen molar-refractivity contribution in [3.63, 3.8) is 0 Å². The lowest BCUT2D eigenvalue weighted by Crippen LogP contribution is -2.02. The molecule has 2 N–H and O–H groups in total. The number of hydrogen-bond donors (Lipinski definition) is 2. The van der Waals surface area contributed by atoms with Gasteiger partial charge in [0.2, 0.25) is 0 Å². The smallest absolute Gasteiger partial charge is 0.339 e. The van der Waals surface area contributed by atoms with Gasteiger partial charge in [-0.2, -0.15) is 10.5 Å². The number of allylic oxidation sites excluding steroid dienone is 1. The average molecular weight is 278 g/mol. The fraction of sp³-hybridized carbons (Fsp3) is 0.0833. The highest BCUT2D eigenvalue weighted by Crippen LogP contribution is 2.31. The van der Waals surface area contributed by atoms with E-state index in [-0.39, 0.29) is 21.9 Å². The number of methoxy groups -OCH3 is 1. The van der Waals surface area contributed by atoms with Crippen molar-refractivity contribution in [2.24, 2.45) is 0 Å². The number of aromatic carboxylic acids is 1. The topological polar surface area (TPSA) is 106 Å². The lowest BCUT2D eigenvalue weighted by Gasteiger charge is -2.10. The number of nitrogens with one attached hydrogen (secondary N) is 1. The van der Waals surface area contributed by atoms with Crippen LogP contribution < -0.4 is 10.1 Å². The van der Waals surface area contributed by atoms with Crippen molar-refractivity contribution in [2.45, 2.75) is 0 Å². The van der Waals surface area contributed by atoms with Crippen molar-refractivity contribution in [3.8, 4) is 17.9 Å². The van der Waals surface area contributed by atoms with Gasteiger partial charge >= 0.3 is 5.97 Å². The quantitative estimate of drug-likeness (QED) is 0.818. The maximum absolute atomic E-state index is 10.9. The second kappa shape index (κ2) is 6.29. The Morgan fingerprint density at radius 2 is 2.11 bits per heavy atom. The highest BCUT2D eigenvalue weighted by Gasteiger charge is 2.14. The first-order valence-electron chi connectivity index (χ1n) is 4.91. The molecule has 0 unspecified atom stereocenters. The minimum Gasteiger partial charge on any atom is -0.496 e. The summed E-state index contributed by atoms with van der Waals surface area (Å²) in [5.41, 5.74) is 0.103. The molecular weight excluding hydrogens is 270 g/mol. The molecule has 0 aliphatic carbocycles. The van der Waals surface area contributed by atoms with E-state index in [4.69, 9.17) is 32.0 Å². The summed E-state index contributed by atoms with van der Waals surface area (Å²) in [5.74, 6) is -1.06. The minimum absolute atomic E-state index is 0.0807. The number of hydrogen-bond acceptors (Lipinski definition) is 5. The Morgan fingerprint density at radius 3 is 2.58 bits per heavy atom. The van der Waals surface area contributed by atoms with Gasteiger partial charge in [0.05, 0.1) is 17.8 Å². The fourth-order valence-electron chi connectivity index (χ4n) is 1.24. The molecule has 0 spiro atoms. The molecular formula is C12H8ClN3O3. The van der Waals surface area contributed by atoms with Crippen LogP contribution >= 0.6 is 11.6 Å². The van der Waals surface area contributed by atoms with Crippen LogP contribution in [0.1, 0.15) is 10.4 Å². The first-order valence-corrected chi connectivity index (χ1v) is 5.29. The SMILES string of the molecule is COc1cc(NC=C(C#N)C#N)c(Cl)cc1C(=O)O. The summed E-state index contributed by atoms with van der Waals surface area (Å²) in [7, 11) is 1.32. The Labute approximate surface area is 114 Å². The van der Waals surface area contributed by atoms with Gasteiger partial charge in [0.1, 0.15) is 29.0 Å². The van der Waals surface area contributed by atoms with Gasteiger partial charge in [-0.05, 0) is 6.07 Å². The summed E-state index contributed by atoms with van der Waals surface area (Å²) in [6.45, 7) is 0. The molecule has 1 aromatic rings. The van der Waals surface area contributed by atoms with E-state index in [1.165, 1.54) is 25.4 Å². The molecule has 0 aliphatic rings. The molecule has 0 aliphatic heterocycles. The molecule has 0 atom stereocenters. The summed E-state index contributed by atoms with van der Waals surface area (Å²) in [6.07, 6.45) is 1.17. The number of nitrogens with zero attached hydrogens (tertiary/aromatic N) is 2. The highest BCUT2D eigenvalue weighted by molar-refractivity contribution is 6.33. The van der Waals surface area contributed by atoms with Crippen molar-refractivity contribution in [3.05, 3.63) is 34.5 Å². The Morgan fingerprint density at radius 1 is 1.47 bits per heavy atom. The number of anilines is 1. The second-order valence-corrected chi connectivity index (χ2v) is 3.67. The summed E-state index contributed by atoms with van der Waals surface area (Å²) in [4.78, 5) is 10.9. The Hall–Kier alpha value is -2.70. The van der Waals surface area contributed by atoms with Crippen molar-refractivity contribution < 1.29 is 14.6 Å². The molecule has 0 saturated heterocycles. The number of rotatable bonds is 4. The van der Waals surface area contributed by atoms with E-state index in [1.807, 2.05) is 0 Å². The molecule has 6 nitrogen and oxygen atoms in total. The van der Waals surface area contributed by atoms with Crippen LogP contribution in [0.25, 0.3) is 0 Å². The normalized spacial score (nSPS) is 8.84. The van der Waals surface area contributed by atoms with E-state index in [1.54, 1.807) is 12.1 Å². The third-order valence-corrected chi connectivity index (χ3v) is 2.45. The van der Waals surface area contributed by atoms with Crippen LogP contribution in [0.3, 0.4) is 0 Å². The zero-order chi connectivity index (χ0) is 14.4. The number of ether oxygens (including phenoxy) is 1. The molecule has 0 aromatic heterocycles. The second-order valence-electron chi connectivity index (χ2n) is 3.26. The molecule has 0 heterocycles. The fourth-order valence-corrected chi connectivity index (χ4v) is 1.46. The third kappa shape index (κ3) is 3.38. The van der Waals surface area contributed by atoms with Crippen LogP contribution in [-0.4, -0.2) is 18.2 Å². The highest BCUT2D eigenvalue weighted by atomic mass is 35.5. The monoisotopic (exact) mass is 277 g/mol. The van der Waals surface area contributed by atoms with E-state index in [0.29, 0.717) is 5.69 Å². The molecule has 1 rings (SSSR count). The van der Waals surface area contributed by atoms with Gasteiger partial charge in [-0.1, -0.05) is 11.6 Å². The first kappa shape index (κ1) is 14.4. The largest absolute Gasteiger partial charge is 0.496 e. The summed E-state index contributed by atoms with van der Waals surface area (Å²) in [6, 6.07) is 5.93. The number of nitriles is 2. The van der Waals surface area contributed by atoms with Gasteiger partial charge in [-0.25, -0.2) is 4.79 Å². The van der Waals surface area contributed by atoms with Gasteiger partial charge < -0.3 is 15.2 Å². The number of carbonyl (C=O) groups is 1. The lowest BCUT2D eigenvalue weighted by molar-refractivity contribution is 0.0693. The van der Waals surface area contributed by atoms with Crippen molar-refractivity contribution >= 4 is 23.3 Å². The molecule has 0 fully saturated rings. The number of carboxylic acids is 1. The van der Waals surface area contributed by atoms with Crippen LogP contribution in [0, 0.1) is 22.7 Å². The molecule has 0 radical (unpaired) electrons. The predicted octanol–water partition coefficient (Wildman–Crippen LogP) is 2.39. The molecule has 0 saturated carbocycles. The maximum Gasteiger partial charge on any atom is 0.339 e. The van der Waals surface area contributed by atoms with E-state index in [9.17, 15) is 4.79 Å². The molecule has 19 heavy (non-hydrogen) atoms. The average Bonchev–Trinajstić information content (AvgIpc) is 2.40. The number of carboxylic acid groups (broad SMARTS) is 1. The van der Waals surface area contributed by atoms with Crippen LogP contribution in [0.5, 0.6) is 5.75 Å². The molecule has 0 bridgehead atoms. The predicted molar refractivity (Wildman–Crippen MR) is 67.9 cm³/mol. The first-order chi connectivity index (χ1) is 9.03. The zero-order valence-electron chi connectivity index (χ0n) is 9.77. The van der Waals surface area contributed by atoms with Crippen LogP contribution in [0.15, 0.2) is 23.9 Å². The van der Waals surface area contributed by atoms with Crippen molar-refractivity contribution in [1.82, 2.24) is 0 Å². The Balaban J connectivity index is 3.19. The molecule has 0 amide bonds. The van der Waals surface area contributed by atoms with Crippen molar-refractivity contribution in [2.75, 3.05) is 12.4 Å². The van der Waals surface area contributed by atoms with Gasteiger partial charge in [-0.3, -0.25) is 0 Å². The summed E-state index contributed by atoms with van der Waals surface area (Å²) >= 11 is 5.90. The van der Waals surface area contributed by atoms with E-state index >= 15 is 0 Å². The van der Waals surface area contributed by atoms with Crippen LogP contribution in [0.4, 0.5) is 5.69 Å². The van der Waals surface area contributed by atoms with E-state index in [2.05, 4.69) is 5.32 Å². The number of benzene rings is 1. The minimum atomic E-state index is -1.17. The molecule has 96 valence electrons. The van der Waals surface area contributed by atoms with Crippen LogP contribution in [-0.2, 0) is 0 Å². The molecule has 7 heteroatoms.